The highest BCUT2D eigenvalue weighted by atomic mass is 32.2. The van der Waals surface area contributed by atoms with Crippen LogP contribution in [-0.4, -0.2) is 29.0 Å². The van der Waals surface area contributed by atoms with Gasteiger partial charge >= 0.3 is 0 Å². The monoisotopic (exact) mass is 341 g/mol. The number of aromatic nitrogens is 2. The summed E-state index contributed by atoms with van der Waals surface area (Å²) in [4.78, 5) is 12.0. The molecule has 0 fully saturated rings. The molecule has 1 aromatic carbocycles. The van der Waals surface area contributed by atoms with E-state index in [1.165, 1.54) is 11.8 Å². The van der Waals surface area contributed by atoms with Crippen molar-refractivity contribution < 1.29 is 13.9 Å². The average molecular weight is 341 g/mol. The standard InChI is InChI=1S/C17H15N3O3S/c1-22-13-6-4-12(5-7-13)18-16(21)11-24-17-9-8-14(19-20-17)15-3-2-10-23-15/h2-10H,11H2,1H3,(H,18,21). The lowest BCUT2D eigenvalue weighted by molar-refractivity contribution is -0.113. The second-order valence-corrected chi connectivity index (χ2v) is 5.80. The Labute approximate surface area is 143 Å². The van der Waals surface area contributed by atoms with E-state index in [1.807, 2.05) is 18.2 Å². The molecule has 3 aromatic rings. The molecule has 1 N–H and O–H groups in total. The zero-order valence-electron chi connectivity index (χ0n) is 12.9. The number of hydrogen-bond donors (Lipinski definition) is 1. The highest BCUT2D eigenvalue weighted by Crippen LogP contribution is 2.20. The molecule has 0 spiro atoms. The molecule has 2 heterocycles. The van der Waals surface area contributed by atoms with E-state index in [2.05, 4.69) is 15.5 Å². The lowest BCUT2D eigenvalue weighted by atomic mass is 10.3. The zero-order valence-corrected chi connectivity index (χ0v) is 13.7. The maximum Gasteiger partial charge on any atom is 0.234 e. The van der Waals surface area contributed by atoms with E-state index in [9.17, 15) is 4.79 Å². The van der Waals surface area contributed by atoms with Crippen molar-refractivity contribution in [2.45, 2.75) is 5.03 Å². The molecule has 122 valence electrons. The van der Waals surface area contributed by atoms with Crippen LogP contribution in [0.3, 0.4) is 0 Å². The third kappa shape index (κ3) is 4.14. The van der Waals surface area contributed by atoms with Crippen molar-refractivity contribution in [2.24, 2.45) is 0 Å². The van der Waals surface area contributed by atoms with Gasteiger partial charge in [-0.3, -0.25) is 4.79 Å². The van der Waals surface area contributed by atoms with Crippen LogP contribution in [0.2, 0.25) is 0 Å². The highest BCUT2D eigenvalue weighted by Gasteiger charge is 2.07. The summed E-state index contributed by atoms with van der Waals surface area (Å²) >= 11 is 1.32. The number of carbonyl (C=O) groups is 1. The molecule has 7 heteroatoms. The molecule has 0 unspecified atom stereocenters. The van der Waals surface area contributed by atoms with Gasteiger partial charge in [0.1, 0.15) is 16.5 Å². The minimum atomic E-state index is -0.109. The van der Waals surface area contributed by atoms with E-state index in [1.54, 1.807) is 43.7 Å². The van der Waals surface area contributed by atoms with Gasteiger partial charge in [0.2, 0.25) is 5.91 Å². The van der Waals surface area contributed by atoms with Gasteiger partial charge in [0.15, 0.2) is 5.76 Å². The number of methoxy groups -OCH3 is 1. The molecular weight excluding hydrogens is 326 g/mol. The van der Waals surface area contributed by atoms with E-state index >= 15 is 0 Å². The Bertz CT molecular complexity index is 787. The van der Waals surface area contributed by atoms with Crippen molar-refractivity contribution in [3.8, 4) is 17.2 Å². The number of anilines is 1. The number of hydrogen-bond acceptors (Lipinski definition) is 6. The highest BCUT2D eigenvalue weighted by molar-refractivity contribution is 7.99. The normalized spacial score (nSPS) is 10.4. The van der Waals surface area contributed by atoms with Crippen LogP contribution in [0.1, 0.15) is 0 Å². The summed E-state index contributed by atoms with van der Waals surface area (Å²) in [7, 11) is 1.60. The van der Waals surface area contributed by atoms with Crippen molar-refractivity contribution in [3.05, 3.63) is 54.8 Å². The number of nitrogens with one attached hydrogen (secondary N) is 1. The number of nitrogens with zero attached hydrogens (tertiary/aromatic N) is 2. The first kappa shape index (κ1) is 16.1. The van der Waals surface area contributed by atoms with Crippen LogP contribution in [0, 0.1) is 0 Å². The summed E-state index contributed by atoms with van der Waals surface area (Å²) in [6, 6.07) is 14.4. The van der Waals surface area contributed by atoms with Crippen LogP contribution in [0.4, 0.5) is 5.69 Å². The number of carbonyl (C=O) groups excluding carboxylic acids is 1. The van der Waals surface area contributed by atoms with Gasteiger partial charge in [-0.2, -0.15) is 0 Å². The topological polar surface area (TPSA) is 77.2 Å². The third-order valence-corrected chi connectivity index (χ3v) is 4.06. The molecular formula is C17H15N3O3S. The zero-order chi connectivity index (χ0) is 16.8. The maximum atomic E-state index is 12.0. The number of benzene rings is 1. The lowest BCUT2D eigenvalue weighted by Crippen LogP contribution is -2.14. The number of ether oxygens (including phenoxy) is 1. The first-order valence-electron chi connectivity index (χ1n) is 7.19. The maximum absolute atomic E-state index is 12.0. The fourth-order valence-electron chi connectivity index (χ4n) is 1.96. The van der Waals surface area contributed by atoms with Gasteiger partial charge in [-0.1, -0.05) is 11.8 Å². The molecule has 3 rings (SSSR count). The van der Waals surface area contributed by atoms with E-state index < -0.39 is 0 Å². The van der Waals surface area contributed by atoms with Crippen LogP contribution in [-0.2, 0) is 4.79 Å². The number of thioether (sulfide) groups is 1. The smallest absolute Gasteiger partial charge is 0.234 e. The van der Waals surface area contributed by atoms with Crippen molar-refractivity contribution >= 4 is 23.4 Å². The predicted molar refractivity (Wildman–Crippen MR) is 92.1 cm³/mol. The van der Waals surface area contributed by atoms with Crippen LogP contribution < -0.4 is 10.1 Å². The van der Waals surface area contributed by atoms with Crippen molar-refractivity contribution in [2.75, 3.05) is 18.2 Å². The van der Waals surface area contributed by atoms with Gasteiger partial charge in [0.05, 0.1) is 19.1 Å². The van der Waals surface area contributed by atoms with E-state index in [-0.39, 0.29) is 11.7 Å². The fraction of sp³-hybridized carbons (Fsp3) is 0.118. The first-order chi connectivity index (χ1) is 11.7. The van der Waals surface area contributed by atoms with Crippen LogP contribution in [0.5, 0.6) is 5.75 Å². The summed E-state index contributed by atoms with van der Waals surface area (Å²) < 4.78 is 10.3. The Kier molecular flexibility index (Phi) is 5.12. The largest absolute Gasteiger partial charge is 0.497 e. The molecule has 1 amide bonds. The van der Waals surface area contributed by atoms with Crippen LogP contribution in [0.15, 0.2) is 64.2 Å². The number of furan rings is 1. The SMILES string of the molecule is COc1ccc(NC(=O)CSc2ccc(-c3ccco3)nn2)cc1. The molecule has 0 aliphatic heterocycles. The molecule has 0 aliphatic carbocycles. The van der Waals surface area contributed by atoms with Gasteiger partial charge in [-0.05, 0) is 48.5 Å². The Morgan fingerprint density at radius 1 is 1.17 bits per heavy atom. The minimum Gasteiger partial charge on any atom is -0.497 e. The van der Waals surface area contributed by atoms with Crippen LogP contribution in [0.25, 0.3) is 11.5 Å². The molecule has 2 aromatic heterocycles. The first-order valence-corrected chi connectivity index (χ1v) is 8.17. The van der Waals surface area contributed by atoms with Gasteiger partial charge < -0.3 is 14.5 Å². The molecule has 0 aliphatic rings. The Balaban J connectivity index is 1.52. The molecule has 24 heavy (non-hydrogen) atoms. The summed E-state index contributed by atoms with van der Waals surface area (Å²) in [5.74, 6) is 1.55. The Morgan fingerprint density at radius 2 is 2.00 bits per heavy atom. The van der Waals surface area contributed by atoms with E-state index in [0.717, 1.165) is 11.4 Å². The summed E-state index contributed by atoms with van der Waals surface area (Å²) in [6.07, 6.45) is 1.59. The van der Waals surface area contributed by atoms with Crippen LogP contribution >= 0.6 is 11.8 Å². The second-order valence-electron chi connectivity index (χ2n) is 4.80. The van der Waals surface area contributed by atoms with E-state index in [0.29, 0.717) is 16.5 Å². The quantitative estimate of drug-likeness (QED) is 0.692. The molecule has 0 saturated carbocycles. The van der Waals surface area contributed by atoms with E-state index in [4.69, 9.17) is 9.15 Å². The third-order valence-electron chi connectivity index (χ3n) is 3.14. The minimum absolute atomic E-state index is 0.109. The summed E-state index contributed by atoms with van der Waals surface area (Å²) in [5.41, 5.74) is 1.38. The Hall–Kier alpha value is -2.80. The van der Waals surface area contributed by atoms with Gasteiger partial charge in [0, 0.05) is 5.69 Å². The number of amides is 1. The molecule has 0 atom stereocenters. The summed E-state index contributed by atoms with van der Waals surface area (Å²) in [5, 5.41) is 11.7. The van der Waals surface area contributed by atoms with Crippen molar-refractivity contribution in [1.82, 2.24) is 10.2 Å². The molecule has 0 radical (unpaired) electrons. The van der Waals surface area contributed by atoms with Gasteiger partial charge in [0.25, 0.3) is 0 Å². The summed E-state index contributed by atoms with van der Waals surface area (Å²) in [6.45, 7) is 0. The second kappa shape index (κ2) is 7.65. The van der Waals surface area contributed by atoms with Gasteiger partial charge in [-0.25, -0.2) is 0 Å². The van der Waals surface area contributed by atoms with Crippen molar-refractivity contribution in [1.29, 1.82) is 0 Å². The predicted octanol–water partition coefficient (Wildman–Crippen LogP) is 3.48. The average Bonchev–Trinajstić information content (AvgIpc) is 3.16. The lowest BCUT2D eigenvalue weighted by Gasteiger charge is -2.06. The Morgan fingerprint density at radius 3 is 2.62 bits per heavy atom. The molecule has 6 nitrogen and oxygen atoms in total. The number of rotatable bonds is 6. The molecule has 0 saturated heterocycles. The van der Waals surface area contributed by atoms with Gasteiger partial charge in [-0.15, -0.1) is 10.2 Å². The fourth-order valence-corrected chi connectivity index (χ4v) is 2.58. The molecule has 0 bridgehead atoms. The van der Waals surface area contributed by atoms with Crippen molar-refractivity contribution in [3.63, 3.8) is 0 Å².